The monoisotopic (exact) mass is 750 g/mol. The fraction of sp³-hybridized carbons (Fsp3) is 0.222. The molecule has 2 aliphatic heterocycles. The van der Waals surface area contributed by atoms with E-state index in [1.54, 1.807) is 62.6 Å². The molecule has 10 nitrogen and oxygen atoms in total. The average Bonchev–Trinajstić information content (AvgIpc) is 3.11. The predicted octanol–water partition coefficient (Wildman–Crippen LogP) is 5.80. The Labute approximate surface area is 307 Å². The number of thioether (sulfide) groups is 2. The van der Waals surface area contributed by atoms with E-state index in [9.17, 15) is 19.2 Å². The summed E-state index contributed by atoms with van der Waals surface area (Å²) >= 11 is 14.9. The molecule has 0 fully saturated rings. The molecule has 4 aromatic carbocycles. The smallest absolute Gasteiger partial charge is 0.419 e. The maximum atomic E-state index is 14.1. The zero-order valence-electron chi connectivity index (χ0n) is 27.0. The number of nitrogens with zero attached hydrogens (tertiary/aromatic N) is 2. The van der Waals surface area contributed by atoms with Crippen LogP contribution in [0.3, 0.4) is 0 Å². The van der Waals surface area contributed by atoms with E-state index in [1.165, 1.54) is 33.3 Å². The van der Waals surface area contributed by atoms with Gasteiger partial charge in [-0.2, -0.15) is 0 Å². The third-order valence-corrected chi connectivity index (χ3v) is 11.3. The molecule has 4 aromatic rings. The first-order valence-electron chi connectivity index (χ1n) is 15.5. The minimum atomic E-state index is -1.56. The molecule has 50 heavy (non-hydrogen) atoms. The third kappa shape index (κ3) is 7.23. The van der Waals surface area contributed by atoms with Crippen molar-refractivity contribution < 1.29 is 28.7 Å². The number of likely N-dealkylation sites (N-methyl/N-ethyl adjacent to an activating group) is 2. The number of benzene rings is 4. The summed E-state index contributed by atoms with van der Waals surface area (Å²) in [6.07, 6.45) is 0. The lowest BCUT2D eigenvalue weighted by molar-refractivity contribution is -0.177. The standard InChI is InChI=1S/C36H32Cl2N4O6S2/c1-39-19-31(43)41-21-35(23-11-15-25(37)16-12-23,49-29-9-5-3-7-27(29)41)47-33(45)34(46)48-36(24-13-17-26(38)18-14-24)22-42(32(44)20-40-2)28-8-4-6-10-30(28)50-36/h3-18,39-40H,19-22H2,1-2H3. The van der Waals surface area contributed by atoms with Crippen LogP contribution in [-0.4, -0.2) is 64.0 Å². The summed E-state index contributed by atoms with van der Waals surface area (Å²) in [5.41, 5.74) is 2.29. The number of para-hydroxylation sites is 2. The zero-order valence-corrected chi connectivity index (χ0v) is 30.1. The summed E-state index contributed by atoms with van der Waals surface area (Å²) in [7, 11) is 3.33. The molecule has 2 N–H and O–H groups in total. The first-order chi connectivity index (χ1) is 24.1. The van der Waals surface area contributed by atoms with Crippen molar-refractivity contribution in [2.45, 2.75) is 19.7 Å². The maximum Gasteiger partial charge on any atom is 0.419 e. The fourth-order valence-electron chi connectivity index (χ4n) is 5.79. The van der Waals surface area contributed by atoms with Crippen molar-refractivity contribution >= 4 is 81.9 Å². The maximum absolute atomic E-state index is 14.1. The highest BCUT2D eigenvalue weighted by Crippen LogP contribution is 2.53. The van der Waals surface area contributed by atoms with Gasteiger partial charge < -0.3 is 29.9 Å². The van der Waals surface area contributed by atoms with E-state index in [1.807, 2.05) is 48.5 Å². The lowest BCUT2D eigenvalue weighted by Gasteiger charge is -2.43. The lowest BCUT2D eigenvalue weighted by atomic mass is 10.1. The van der Waals surface area contributed by atoms with Gasteiger partial charge in [0.1, 0.15) is 0 Å². The number of hydrogen-bond acceptors (Lipinski definition) is 10. The van der Waals surface area contributed by atoms with Crippen LogP contribution in [0.15, 0.2) is 107 Å². The minimum absolute atomic E-state index is 0.0246. The van der Waals surface area contributed by atoms with Crippen molar-refractivity contribution in [1.82, 2.24) is 10.6 Å². The Bertz CT molecular complexity index is 1790. The molecule has 258 valence electrons. The number of carbonyl (C=O) groups is 4. The van der Waals surface area contributed by atoms with Gasteiger partial charge in [0.15, 0.2) is 0 Å². The average molecular weight is 752 g/mol. The molecule has 0 saturated carbocycles. The number of fused-ring (bicyclic) bond motifs is 2. The van der Waals surface area contributed by atoms with Crippen LogP contribution in [0.1, 0.15) is 11.1 Å². The molecule has 2 heterocycles. The van der Waals surface area contributed by atoms with E-state index in [4.69, 9.17) is 32.7 Å². The Balaban J connectivity index is 1.39. The molecule has 6 rings (SSSR count). The summed E-state index contributed by atoms with van der Waals surface area (Å²) in [6.45, 7) is -0.160. The van der Waals surface area contributed by atoms with Gasteiger partial charge in [0, 0.05) is 31.0 Å². The zero-order chi connectivity index (χ0) is 35.5. The molecule has 0 spiro atoms. The van der Waals surface area contributed by atoms with Gasteiger partial charge in [-0.05, 0) is 62.6 Å². The van der Waals surface area contributed by atoms with Gasteiger partial charge in [-0.1, -0.05) is 95.3 Å². The Morgan fingerprint density at radius 2 is 0.980 bits per heavy atom. The van der Waals surface area contributed by atoms with Crippen molar-refractivity contribution in [3.8, 4) is 0 Å². The summed E-state index contributed by atoms with van der Waals surface area (Å²) < 4.78 is 12.4. The van der Waals surface area contributed by atoms with Crippen molar-refractivity contribution in [2.24, 2.45) is 0 Å². The topological polar surface area (TPSA) is 117 Å². The predicted molar refractivity (Wildman–Crippen MR) is 196 cm³/mol. The van der Waals surface area contributed by atoms with Crippen molar-refractivity contribution in [1.29, 1.82) is 0 Å². The first-order valence-corrected chi connectivity index (χ1v) is 17.9. The van der Waals surface area contributed by atoms with E-state index >= 15 is 0 Å². The summed E-state index contributed by atoms with van der Waals surface area (Å²) in [5.74, 6) is -3.09. The van der Waals surface area contributed by atoms with Crippen molar-refractivity contribution in [3.05, 3.63) is 118 Å². The Morgan fingerprint density at radius 1 is 0.620 bits per heavy atom. The van der Waals surface area contributed by atoms with Crippen LogP contribution in [0.4, 0.5) is 11.4 Å². The molecular weight excluding hydrogens is 719 g/mol. The molecule has 0 bridgehead atoms. The van der Waals surface area contributed by atoms with E-state index in [2.05, 4.69) is 10.6 Å². The van der Waals surface area contributed by atoms with E-state index < -0.39 is 21.8 Å². The number of hydrogen-bond donors (Lipinski definition) is 2. The number of anilines is 2. The molecule has 2 unspecified atom stereocenters. The van der Waals surface area contributed by atoms with Crippen LogP contribution in [0.5, 0.6) is 0 Å². The van der Waals surface area contributed by atoms with Crippen molar-refractivity contribution in [2.75, 3.05) is 50.1 Å². The van der Waals surface area contributed by atoms with Gasteiger partial charge in [0.05, 0.1) is 37.6 Å². The number of amides is 2. The van der Waals surface area contributed by atoms with Crippen LogP contribution < -0.4 is 20.4 Å². The normalized spacial score (nSPS) is 19.6. The molecule has 0 aromatic heterocycles. The number of rotatable bonds is 8. The molecule has 0 radical (unpaired) electrons. The molecule has 0 aliphatic carbocycles. The number of halogens is 2. The molecule has 0 saturated heterocycles. The van der Waals surface area contributed by atoms with E-state index in [0.717, 1.165) is 0 Å². The molecule has 14 heteroatoms. The van der Waals surface area contributed by atoms with Gasteiger partial charge in [-0.3, -0.25) is 9.59 Å². The van der Waals surface area contributed by atoms with Gasteiger partial charge in [-0.15, -0.1) is 0 Å². The SMILES string of the molecule is CNCC(=O)N1CC(OC(=O)C(=O)OC2(c3ccc(Cl)cc3)CN(C(=O)CNC)c3ccccc3S2)(c2ccc(Cl)cc2)Sc2ccccc21. The van der Waals surface area contributed by atoms with E-state index in [-0.39, 0.29) is 38.0 Å². The van der Waals surface area contributed by atoms with Crippen LogP contribution in [0.2, 0.25) is 10.0 Å². The highest BCUT2D eigenvalue weighted by atomic mass is 35.5. The highest BCUT2D eigenvalue weighted by molar-refractivity contribution is 8.00. The molecule has 2 aliphatic rings. The third-order valence-electron chi connectivity index (χ3n) is 8.10. The summed E-state index contributed by atoms with van der Waals surface area (Å²) in [6, 6.07) is 27.9. The van der Waals surface area contributed by atoms with Gasteiger partial charge in [0.25, 0.3) is 0 Å². The Morgan fingerprint density at radius 3 is 1.34 bits per heavy atom. The quantitative estimate of drug-likeness (QED) is 0.169. The Hall–Kier alpha value is -4.04. The molecular formula is C36H32Cl2N4O6S2. The minimum Gasteiger partial charge on any atom is -0.433 e. The molecule has 2 atom stereocenters. The Kier molecular flexibility index (Phi) is 10.8. The second kappa shape index (κ2) is 15.1. The van der Waals surface area contributed by atoms with Crippen LogP contribution >= 0.6 is 46.7 Å². The summed E-state index contributed by atoms with van der Waals surface area (Å²) in [5, 5.41) is 6.68. The number of nitrogens with one attached hydrogen (secondary N) is 2. The number of carbonyl (C=O) groups excluding carboxylic acids is 4. The largest absolute Gasteiger partial charge is 0.433 e. The second-order valence-electron chi connectivity index (χ2n) is 11.5. The number of ether oxygens (including phenoxy) is 2. The van der Waals surface area contributed by atoms with Gasteiger partial charge >= 0.3 is 11.9 Å². The molecule has 2 amide bonds. The van der Waals surface area contributed by atoms with Gasteiger partial charge in [-0.25, -0.2) is 9.59 Å². The fourth-order valence-corrected chi connectivity index (χ4v) is 8.74. The van der Waals surface area contributed by atoms with Crippen LogP contribution in [0, 0.1) is 0 Å². The number of esters is 2. The van der Waals surface area contributed by atoms with Gasteiger partial charge in [0.2, 0.25) is 21.7 Å². The van der Waals surface area contributed by atoms with Crippen LogP contribution in [-0.2, 0) is 38.5 Å². The van der Waals surface area contributed by atoms with Crippen molar-refractivity contribution in [3.63, 3.8) is 0 Å². The van der Waals surface area contributed by atoms with Crippen LogP contribution in [0.25, 0.3) is 0 Å². The second-order valence-corrected chi connectivity index (χ2v) is 14.9. The lowest BCUT2D eigenvalue weighted by Crippen LogP contribution is -2.52. The van der Waals surface area contributed by atoms with E-state index in [0.29, 0.717) is 42.3 Å². The highest BCUT2D eigenvalue weighted by Gasteiger charge is 2.50. The first kappa shape index (κ1) is 35.8. The summed E-state index contributed by atoms with van der Waals surface area (Å²) in [4.78, 5) is 56.2.